The fraction of sp³-hybridized carbons (Fsp3) is 0.458. The minimum Gasteiger partial charge on any atom is -0.398 e. The maximum absolute atomic E-state index is 10.6. The van der Waals surface area contributed by atoms with Crippen molar-refractivity contribution in [2.45, 2.75) is 19.2 Å². The number of aromatic nitrogens is 2. The highest BCUT2D eigenvalue weighted by Gasteiger charge is 2.42. The van der Waals surface area contributed by atoms with Gasteiger partial charge in [0.05, 0.1) is 19.8 Å². The number of nitrogens with two attached hydrogens (primary N) is 1. The summed E-state index contributed by atoms with van der Waals surface area (Å²) in [5.74, 6) is 2.11. The number of aliphatic hydroxyl groups is 2. The number of hydrogen-bond donors (Lipinski definition) is 3. The van der Waals surface area contributed by atoms with E-state index in [0.29, 0.717) is 44.4 Å². The van der Waals surface area contributed by atoms with Crippen molar-refractivity contribution in [3.8, 4) is 11.4 Å². The minimum absolute atomic E-state index is 0.346. The van der Waals surface area contributed by atoms with Crippen LogP contribution in [0.2, 0.25) is 0 Å². The van der Waals surface area contributed by atoms with Gasteiger partial charge < -0.3 is 35.4 Å². The Kier molecular flexibility index (Phi) is 7.30. The first kappa shape index (κ1) is 23.9. The molecule has 1 fully saturated rings. The molecule has 0 radical (unpaired) electrons. The van der Waals surface area contributed by atoms with Crippen molar-refractivity contribution in [2.75, 3.05) is 68.2 Å². The van der Waals surface area contributed by atoms with E-state index in [1.807, 2.05) is 48.0 Å². The summed E-state index contributed by atoms with van der Waals surface area (Å²) in [7, 11) is 3.61. The molecule has 10 heteroatoms. The van der Waals surface area contributed by atoms with Gasteiger partial charge in [0.15, 0.2) is 17.5 Å². The van der Waals surface area contributed by atoms with Crippen LogP contribution in [0.15, 0.2) is 35.3 Å². The lowest BCUT2D eigenvalue weighted by molar-refractivity contribution is 0.0737. The third-order valence-electron chi connectivity index (χ3n) is 6.23. The van der Waals surface area contributed by atoms with Crippen LogP contribution >= 0.6 is 0 Å². The highest BCUT2D eigenvalue weighted by atomic mass is 16.5. The van der Waals surface area contributed by atoms with Crippen molar-refractivity contribution in [1.29, 1.82) is 0 Å². The van der Waals surface area contributed by atoms with Gasteiger partial charge in [-0.05, 0) is 24.6 Å². The van der Waals surface area contributed by atoms with Gasteiger partial charge in [-0.15, -0.1) is 0 Å². The molecular weight excluding hydrogens is 434 g/mol. The van der Waals surface area contributed by atoms with Crippen LogP contribution < -0.4 is 20.4 Å². The second-order valence-corrected chi connectivity index (χ2v) is 8.31. The molecule has 0 spiro atoms. The molecule has 0 bridgehead atoms. The molecule has 0 saturated carbocycles. The molecular formula is C24H33N7O3. The second kappa shape index (κ2) is 10.4. The number of likely N-dealkylation sites (N-methyl/N-ethyl adjacent to an activating group) is 2. The number of ether oxygens (including phenoxy) is 1. The average molecular weight is 468 g/mol. The van der Waals surface area contributed by atoms with Gasteiger partial charge in [0.25, 0.3) is 0 Å². The third kappa shape index (κ3) is 4.44. The van der Waals surface area contributed by atoms with Gasteiger partial charge in [0.2, 0.25) is 0 Å². The zero-order chi connectivity index (χ0) is 24.2. The predicted molar refractivity (Wildman–Crippen MR) is 135 cm³/mol. The van der Waals surface area contributed by atoms with Gasteiger partial charge in [-0.25, -0.2) is 9.97 Å². The molecule has 2 unspecified atom stereocenters. The highest BCUT2D eigenvalue weighted by molar-refractivity contribution is 5.87. The summed E-state index contributed by atoms with van der Waals surface area (Å²) in [5, 5.41) is 20.3. The first-order chi connectivity index (χ1) is 16.5. The lowest BCUT2D eigenvalue weighted by Crippen LogP contribution is -2.51. The number of aliphatic imine (C=N–C) groups is 1. The zero-order valence-electron chi connectivity index (χ0n) is 19.9. The first-order valence-corrected chi connectivity index (χ1v) is 11.5. The van der Waals surface area contributed by atoms with Gasteiger partial charge >= 0.3 is 0 Å². The maximum Gasteiger partial charge on any atom is 0.164 e. The Morgan fingerprint density at radius 3 is 2.71 bits per heavy atom. The highest BCUT2D eigenvalue weighted by Crippen LogP contribution is 2.45. The molecule has 4 N–H and O–H groups in total. The van der Waals surface area contributed by atoms with Gasteiger partial charge in [0.1, 0.15) is 18.0 Å². The number of allylic oxidation sites excluding steroid dienone is 1. The molecule has 1 aromatic carbocycles. The van der Waals surface area contributed by atoms with Gasteiger partial charge in [-0.3, -0.25) is 4.99 Å². The Labute approximate surface area is 200 Å². The summed E-state index contributed by atoms with van der Waals surface area (Å²) in [4.78, 5) is 20.1. The van der Waals surface area contributed by atoms with Crippen LogP contribution in [0.3, 0.4) is 0 Å². The number of hydrogen-bond acceptors (Lipinski definition) is 10. The van der Waals surface area contributed by atoms with Gasteiger partial charge in [0, 0.05) is 51.2 Å². The van der Waals surface area contributed by atoms with E-state index >= 15 is 0 Å². The Bertz CT molecular complexity index is 1070. The molecule has 0 amide bonds. The number of anilines is 3. The standard InChI is InChI=1S/C24H33N7O3/c1-4-31-23-20(29(3)24(31)19(33)15-32)22(30-10-12-34-13-11-30)27-21(28-23)17-7-5-6-16(14-17)18(25)8-9-26-2/h5-9,14,19,24,32-33H,4,10-13,15,25H2,1-3H3/b18-8-,26-9?. The molecule has 2 aliphatic rings. The summed E-state index contributed by atoms with van der Waals surface area (Å²) in [5.41, 5.74) is 9.37. The van der Waals surface area contributed by atoms with Gasteiger partial charge in [-0.2, -0.15) is 0 Å². The number of fused-ring (bicyclic) bond motifs is 1. The lowest BCUT2D eigenvalue weighted by Gasteiger charge is -2.33. The third-order valence-corrected chi connectivity index (χ3v) is 6.23. The van der Waals surface area contributed by atoms with E-state index in [9.17, 15) is 10.2 Å². The van der Waals surface area contributed by atoms with Crippen molar-refractivity contribution in [1.82, 2.24) is 9.97 Å². The summed E-state index contributed by atoms with van der Waals surface area (Å²) >= 11 is 0. The van der Waals surface area contributed by atoms with Crippen LogP contribution in [0.25, 0.3) is 17.1 Å². The van der Waals surface area contributed by atoms with E-state index in [4.69, 9.17) is 20.4 Å². The van der Waals surface area contributed by atoms with Crippen LogP contribution in [-0.4, -0.2) is 92.2 Å². The minimum atomic E-state index is -0.950. The fourth-order valence-electron chi connectivity index (χ4n) is 4.52. The van der Waals surface area contributed by atoms with Crippen molar-refractivity contribution >= 4 is 29.2 Å². The van der Waals surface area contributed by atoms with Crippen LogP contribution in [0.5, 0.6) is 0 Å². The van der Waals surface area contributed by atoms with E-state index in [1.165, 1.54) is 0 Å². The Morgan fingerprint density at radius 1 is 1.29 bits per heavy atom. The molecule has 182 valence electrons. The monoisotopic (exact) mass is 467 g/mol. The second-order valence-electron chi connectivity index (χ2n) is 8.31. The largest absolute Gasteiger partial charge is 0.398 e. The number of aliphatic hydroxyl groups excluding tert-OH is 2. The Hall–Kier alpha value is -3.21. The summed E-state index contributed by atoms with van der Waals surface area (Å²) < 4.78 is 5.56. The van der Waals surface area contributed by atoms with Crippen molar-refractivity contribution in [3.63, 3.8) is 0 Å². The predicted octanol–water partition coefficient (Wildman–Crippen LogP) is 0.936. The van der Waals surface area contributed by atoms with Crippen molar-refractivity contribution in [2.24, 2.45) is 10.7 Å². The number of benzene rings is 1. The van der Waals surface area contributed by atoms with Gasteiger partial charge in [-0.1, -0.05) is 18.2 Å². The van der Waals surface area contributed by atoms with Crippen LogP contribution in [0, 0.1) is 0 Å². The van der Waals surface area contributed by atoms with Crippen LogP contribution in [0.1, 0.15) is 12.5 Å². The Balaban J connectivity index is 1.86. The molecule has 0 aliphatic carbocycles. The topological polar surface area (TPSA) is 124 Å². The molecule has 1 aromatic heterocycles. The number of rotatable bonds is 7. The lowest BCUT2D eigenvalue weighted by atomic mass is 10.1. The normalized spacial score (nSPS) is 19.7. The molecule has 2 aliphatic heterocycles. The van der Waals surface area contributed by atoms with E-state index < -0.39 is 12.3 Å². The SMILES string of the molecule is CCN1c2nc(-c3cccc(/C(N)=C/C=NC)c3)nc(N3CCOCC3)c2N(C)C1C(O)CO. The molecule has 4 rings (SSSR count). The van der Waals surface area contributed by atoms with Crippen LogP contribution in [-0.2, 0) is 4.74 Å². The summed E-state index contributed by atoms with van der Waals surface area (Å²) in [6.07, 6.45) is 2.03. The van der Waals surface area contributed by atoms with E-state index in [2.05, 4.69) is 9.89 Å². The van der Waals surface area contributed by atoms with Crippen molar-refractivity contribution in [3.05, 3.63) is 35.9 Å². The Morgan fingerprint density at radius 2 is 2.03 bits per heavy atom. The maximum atomic E-state index is 10.6. The fourth-order valence-corrected chi connectivity index (χ4v) is 4.52. The zero-order valence-corrected chi connectivity index (χ0v) is 19.9. The molecule has 3 heterocycles. The molecule has 2 atom stereocenters. The average Bonchev–Trinajstić information content (AvgIpc) is 3.18. The molecule has 10 nitrogen and oxygen atoms in total. The number of morpholine rings is 1. The molecule has 34 heavy (non-hydrogen) atoms. The van der Waals surface area contributed by atoms with Crippen molar-refractivity contribution < 1.29 is 14.9 Å². The van der Waals surface area contributed by atoms with E-state index in [1.54, 1.807) is 19.3 Å². The summed E-state index contributed by atoms with van der Waals surface area (Å²) in [6.45, 7) is 4.94. The summed E-state index contributed by atoms with van der Waals surface area (Å²) in [6, 6.07) is 7.80. The van der Waals surface area contributed by atoms with E-state index in [-0.39, 0.29) is 6.61 Å². The molecule has 1 saturated heterocycles. The van der Waals surface area contributed by atoms with Crippen LogP contribution in [0.4, 0.5) is 17.3 Å². The smallest absolute Gasteiger partial charge is 0.164 e. The quantitative estimate of drug-likeness (QED) is 0.510. The first-order valence-electron chi connectivity index (χ1n) is 11.5. The number of nitrogens with zero attached hydrogens (tertiary/aromatic N) is 6. The molecule has 2 aromatic rings. The van der Waals surface area contributed by atoms with E-state index in [0.717, 1.165) is 28.5 Å².